The van der Waals surface area contributed by atoms with Crippen molar-refractivity contribution in [2.45, 2.75) is 19.4 Å². The molecule has 0 aliphatic carbocycles. The van der Waals surface area contributed by atoms with Crippen LogP contribution in [0.15, 0.2) is 24.3 Å². The standard InChI is InChI=1S/C15H14O5/c1-9-12(16)7-11(20-15(9)17)4-2-10-3-5-13-14(6-10)19-8-18-13/h2-6,9,11H,7-8H2,1H3/b4-2+. The molecule has 5 nitrogen and oxygen atoms in total. The van der Waals surface area contributed by atoms with Crippen molar-refractivity contribution in [3.05, 3.63) is 29.8 Å². The average Bonchev–Trinajstić information content (AvgIpc) is 2.89. The zero-order chi connectivity index (χ0) is 14.1. The van der Waals surface area contributed by atoms with Crippen LogP contribution in [0.3, 0.4) is 0 Å². The minimum Gasteiger partial charge on any atom is -0.457 e. The van der Waals surface area contributed by atoms with Crippen LogP contribution in [0.2, 0.25) is 0 Å². The Kier molecular flexibility index (Phi) is 3.18. The van der Waals surface area contributed by atoms with Gasteiger partial charge in [-0.15, -0.1) is 0 Å². The van der Waals surface area contributed by atoms with E-state index in [0.29, 0.717) is 5.75 Å². The first kappa shape index (κ1) is 12.7. The van der Waals surface area contributed by atoms with Crippen molar-refractivity contribution in [2.24, 2.45) is 5.92 Å². The molecule has 0 aromatic heterocycles. The number of carbonyl (C=O) groups excluding carboxylic acids is 2. The van der Waals surface area contributed by atoms with E-state index < -0.39 is 18.0 Å². The fourth-order valence-electron chi connectivity index (χ4n) is 2.14. The molecule has 2 aliphatic heterocycles. The number of esters is 1. The van der Waals surface area contributed by atoms with Gasteiger partial charge >= 0.3 is 5.97 Å². The summed E-state index contributed by atoms with van der Waals surface area (Å²) in [5.74, 6) is 0.223. The molecule has 0 saturated carbocycles. The summed E-state index contributed by atoms with van der Waals surface area (Å²) in [6.07, 6.45) is 3.27. The predicted molar refractivity (Wildman–Crippen MR) is 70.3 cm³/mol. The van der Waals surface area contributed by atoms with Gasteiger partial charge in [0.05, 0.1) is 0 Å². The zero-order valence-electron chi connectivity index (χ0n) is 11.0. The highest BCUT2D eigenvalue weighted by molar-refractivity contribution is 6.00. The molecule has 104 valence electrons. The second-order valence-electron chi connectivity index (χ2n) is 4.84. The monoisotopic (exact) mass is 274 g/mol. The molecule has 2 aliphatic rings. The van der Waals surface area contributed by atoms with Gasteiger partial charge in [-0.1, -0.05) is 12.1 Å². The molecule has 1 aromatic carbocycles. The Balaban J connectivity index is 1.71. The number of Topliss-reactive ketones (excluding diaryl/α,β-unsaturated/α-hetero) is 1. The maximum Gasteiger partial charge on any atom is 0.316 e. The molecule has 3 rings (SSSR count). The van der Waals surface area contributed by atoms with Crippen LogP contribution in [0, 0.1) is 5.92 Å². The Morgan fingerprint density at radius 2 is 2.00 bits per heavy atom. The average molecular weight is 274 g/mol. The van der Waals surface area contributed by atoms with Crippen LogP contribution in [0.25, 0.3) is 6.08 Å². The first-order chi connectivity index (χ1) is 9.63. The number of cyclic esters (lactones) is 1. The van der Waals surface area contributed by atoms with Crippen LogP contribution in [-0.4, -0.2) is 24.6 Å². The van der Waals surface area contributed by atoms with E-state index in [1.807, 2.05) is 24.3 Å². The Hall–Kier alpha value is -2.30. The van der Waals surface area contributed by atoms with Crippen molar-refractivity contribution in [1.82, 2.24) is 0 Å². The SMILES string of the molecule is CC1C(=O)CC(/C=C/c2ccc3c(c2)OCO3)OC1=O. The van der Waals surface area contributed by atoms with Gasteiger partial charge in [0.1, 0.15) is 12.0 Å². The van der Waals surface area contributed by atoms with E-state index in [1.54, 1.807) is 13.0 Å². The molecule has 1 fully saturated rings. The predicted octanol–water partition coefficient (Wildman–Crippen LogP) is 1.95. The molecule has 5 heteroatoms. The second kappa shape index (κ2) is 5.00. The highest BCUT2D eigenvalue weighted by Crippen LogP contribution is 2.33. The lowest BCUT2D eigenvalue weighted by Gasteiger charge is -2.22. The van der Waals surface area contributed by atoms with Gasteiger partial charge in [-0.25, -0.2) is 0 Å². The zero-order valence-corrected chi connectivity index (χ0v) is 11.0. The summed E-state index contributed by atoms with van der Waals surface area (Å²) < 4.78 is 15.7. The number of carbonyl (C=O) groups is 2. The number of ether oxygens (including phenoxy) is 3. The topological polar surface area (TPSA) is 61.8 Å². The molecular formula is C15H14O5. The van der Waals surface area contributed by atoms with Crippen molar-refractivity contribution in [3.8, 4) is 11.5 Å². The highest BCUT2D eigenvalue weighted by Gasteiger charge is 2.32. The number of ketones is 1. The number of rotatable bonds is 2. The van der Waals surface area contributed by atoms with Gasteiger partial charge in [0.2, 0.25) is 6.79 Å². The lowest BCUT2D eigenvalue weighted by molar-refractivity contribution is -0.160. The molecule has 2 unspecified atom stereocenters. The Labute approximate surface area is 116 Å². The molecule has 0 bridgehead atoms. The molecule has 0 radical (unpaired) electrons. The number of hydrogen-bond donors (Lipinski definition) is 0. The molecule has 2 atom stereocenters. The van der Waals surface area contributed by atoms with Crippen LogP contribution in [-0.2, 0) is 14.3 Å². The van der Waals surface area contributed by atoms with E-state index in [2.05, 4.69) is 0 Å². The van der Waals surface area contributed by atoms with E-state index in [1.165, 1.54) is 0 Å². The van der Waals surface area contributed by atoms with Crippen LogP contribution < -0.4 is 9.47 Å². The fourth-order valence-corrected chi connectivity index (χ4v) is 2.14. The third-order valence-electron chi connectivity index (χ3n) is 3.41. The van der Waals surface area contributed by atoms with Crippen molar-refractivity contribution in [3.63, 3.8) is 0 Å². The molecule has 1 aromatic rings. The smallest absolute Gasteiger partial charge is 0.316 e. The molecular weight excluding hydrogens is 260 g/mol. The van der Waals surface area contributed by atoms with Crippen molar-refractivity contribution in [1.29, 1.82) is 0 Å². The van der Waals surface area contributed by atoms with Gasteiger partial charge in [-0.05, 0) is 30.7 Å². The Morgan fingerprint density at radius 3 is 2.80 bits per heavy atom. The number of benzene rings is 1. The normalized spacial score (nSPS) is 25.1. The van der Waals surface area contributed by atoms with E-state index in [4.69, 9.17) is 14.2 Å². The second-order valence-corrected chi connectivity index (χ2v) is 4.84. The van der Waals surface area contributed by atoms with Gasteiger partial charge in [0, 0.05) is 6.42 Å². The van der Waals surface area contributed by atoms with E-state index in [9.17, 15) is 9.59 Å². The van der Waals surface area contributed by atoms with E-state index >= 15 is 0 Å². The molecule has 0 spiro atoms. The maximum absolute atomic E-state index is 11.6. The first-order valence-corrected chi connectivity index (χ1v) is 6.44. The fraction of sp³-hybridized carbons (Fsp3) is 0.333. The van der Waals surface area contributed by atoms with E-state index in [0.717, 1.165) is 11.3 Å². The summed E-state index contributed by atoms with van der Waals surface area (Å²) in [4.78, 5) is 23.1. The van der Waals surface area contributed by atoms with Crippen LogP contribution in [0.1, 0.15) is 18.9 Å². The van der Waals surface area contributed by atoms with Gasteiger partial charge < -0.3 is 14.2 Å². The number of fused-ring (bicyclic) bond motifs is 1. The van der Waals surface area contributed by atoms with E-state index in [-0.39, 0.29) is 19.0 Å². The third kappa shape index (κ3) is 2.39. The summed E-state index contributed by atoms with van der Waals surface area (Å²) in [6.45, 7) is 1.80. The largest absolute Gasteiger partial charge is 0.457 e. The minimum absolute atomic E-state index is 0.0819. The van der Waals surface area contributed by atoms with Crippen LogP contribution in [0.5, 0.6) is 11.5 Å². The lowest BCUT2D eigenvalue weighted by Crippen LogP contribution is -2.35. The molecule has 20 heavy (non-hydrogen) atoms. The molecule has 1 saturated heterocycles. The van der Waals surface area contributed by atoms with Crippen LogP contribution in [0.4, 0.5) is 0 Å². The minimum atomic E-state index is -0.648. The molecule has 2 heterocycles. The van der Waals surface area contributed by atoms with Gasteiger partial charge in [0.25, 0.3) is 0 Å². The molecule has 0 amide bonds. The summed E-state index contributed by atoms with van der Waals surface area (Å²) in [7, 11) is 0. The Morgan fingerprint density at radius 1 is 1.20 bits per heavy atom. The quantitative estimate of drug-likeness (QED) is 0.609. The van der Waals surface area contributed by atoms with Gasteiger partial charge in [0.15, 0.2) is 17.3 Å². The third-order valence-corrected chi connectivity index (χ3v) is 3.41. The number of hydrogen-bond acceptors (Lipinski definition) is 5. The highest BCUT2D eigenvalue weighted by atomic mass is 16.7. The summed E-state index contributed by atoms with van der Waals surface area (Å²) >= 11 is 0. The van der Waals surface area contributed by atoms with Crippen molar-refractivity contribution in [2.75, 3.05) is 6.79 Å². The lowest BCUT2D eigenvalue weighted by atomic mass is 9.97. The van der Waals surface area contributed by atoms with Gasteiger partial charge in [-0.3, -0.25) is 9.59 Å². The summed E-state index contributed by atoms with van der Waals surface area (Å²) in [6, 6.07) is 5.54. The van der Waals surface area contributed by atoms with Gasteiger partial charge in [-0.2, -0.15) is 0 Å². The Bertz CT molecular complexity index is 572. The van der Waals surface area contributed by atoms with Crippen LogP contribution >= 0.6 is 0 Å². The first-order valence-electron chi connectivity index (χ1n) is 6.44. The maximum atomic E-state index is 11.6. The van der Waals surface area contributed by atoms with Crippen molar-refractivity contribution >= 4 is 17.8 Å². The van der Waals surface area contributed by atoms with Crippen molar-refractivity contribution < 1.29 is 23.8 Å². The summed E-state index contributed by atoms with van der Waals surface area (Å²) in [5, 5.41) is 0. The summed E-state index contributed by atoms with van der Waals surface area (Å²) in [5.41, 5.74) is 0.899. The molecule has 0 N–H and O–H groups in total.